The number of aromatic nitrogens is 1. The number of carbonyl (C=O) groups excluding carboxylic acids is 1. The second-order valence-electron chi connectivity index (χ2n) is 10.0. The highest BCUT2D eigenvalue weighted by Crippen LogP contribution is 2.30. The number of ether oxygens (including phenoxy) is 1. The zero-order valence-corrected chi connectivity index (χ0v) is 24.0. The molecule has 228 valence electrons. The molecule has 4 aromatic carbocycles. The van der Waals surface area contributed by atoms with E-state index in [0.29, 0.717) is 33.2 Å². The van der Waals surface area contributed by atoms with E-state index in [9.17, 15) is 32.7 Å². The predicted octanol–water partition coefficient (Wildman–Crippen LogP) is 8.10. The number of anilines is 1. The van der Waals surface area contributed by atoms with Gasteiger partial charge >= 0.3 is 12.1 Å². The van der Waals surface area contributed by atoms with Gasteiger partial charge in [-0.25, -0.2) is 4.79 Å². The molecule has 5 rings (SSSR count). The van der Waals surface area contributed by atoms with E-state index in [2.05, 4.69) is 5.32 Å². The molecule has 0 saturated carbocycles. The molecule has 0 fully saturated rings. The maximum absolute atomic E-state index is 13.6. The van der Waals surface area contributed by atoms with Crippen molar-refractivity contribution in [3.63, 3.8) is 0 Å². The number of para-hydroxylation sites is 1. The molecule has 11 heteroatoms. The van der Waals surface area contributed by atoms with Gasteiger partial charge in [0.05, 0.1) is 5.56 Å². The number of amides is 1. The Labute approximate surface area is 260 Å². The second-order valence-corrected chi connectivity index (χ2v) is 10.4. The number of hydrogen-bond acceptors (Lipinski definition) is 4. The lowest BCUT2D eigenvalue weighted by Gasteiger charge is -2.19. The van der Waals surface area contributed by atoms with Gasteiger partial charge in [-0.1, -0.05) is 54.1 Å². The van der Waals surface area contributed by atoms with Gasteiger partial charge in [0.15, 0.2) is 0 Å². The summed E-state index contributed by atoms with van der Waals surface area (Å²) in [5, 5.41) is 13.1. The maximum atomic E-state index is 13.6. The van der Waals surface area contributed by atoms with Crippen molar-refractivity contribution in [1.82, 2.24) is 4.57 Å². The maximum Gasteiger partial charge on any atom is 0.416 e. The molecule has 1 amide bonds. The van der Waals surface area contributed by atoms with Gasteiger partial charge in [-0.05, 0) is 77.9 Å². The fourth-order valence-corrected chi connectivity index (χ4v) is 4.70. The molecule has 0 bridgehead atoms. The Morgan fingerprint density at radius 3 is 2.07 bits per heavy atom. The summed E-state index contributed by atoms with van der Waals surface area (Å²) in [6.45, 7) is 0. The number of hydrogen-bond donors (Lipinski definition) is 2. The van der Waals surface area contributed by atoms with Gasteiger partial charge in [0.25, 0.3) is 11.5 Å². The lowest BCUT2D eigenvalue weighted by molar-refractivity contribution is -0.141. The summed E-state index contributed by atoms with van der Waals surface area (Å²) >= 11 is 5.97. The van der Waals surface area contributed by atoms with Gasteiger partial charge in [-0.15, -0.1) is 0 Å². The minimum atomic E-state index is -4.59. The highest BCUT2D eigenvalue weighted by atomic mass is 35.5. The lowest BCUT2D eigenvalue weighted by atomic mass is 10.0. The van der Waals surface area contributed by atoms with Crippen LogP contribution in [0.4, 0.5) is 18.9 Å². The third-order valence-electron chi connectivity index (χ3n) is 6.90. The first-order valence-corrected chi connectivity index (χ1v) is 13.9. The number of alkyl halides is 3. The summed E-state index contributed by atoms with van der Waals surface area (Å²) < 4.78 is 45.9. The van der Waals surface area contributed by atoms with Gasteiger partial charge in [0, 0.05) is 28.8 Å². The van der Waals surface area contributed by atoms with Crippen LogP contribution in [0.1, 0.15) is 27.5 Å². The van der Waals surface area contributed by atoms with Gasteiger partial charge < -0.3 is 15.2 Å². The molecule has 0 aliphatic rings. The van der Waals surface area contributed by atoms with Crippen molar-refractivity contribution >= 4 is 29.2 Å². The Morgan fingerprint density at radius 2 is 1.47 bits per heavy atom. The molecule has 1 heterocycles. The Morgan fingerprint density at radius 1 is 0.844 bits per heavy atom. The number of halogens is 4. The molecule has 5 aromatic rings. The Hall–Kier alpha value is -5.35. The van der Waals surface area contributed by atoms with Crippen molar-refractivity contribution in [3.8, 4) is 22.6 Å². The third-order valence-corrected chi connectivity index (χ3v) is 7.15. The number of nitrogens with one attached hydrogen (secondary N) is 1. The first-order chi connectivity index (χ1) is 21.5. The largest absolute Gasteiger partial charge is 0.480 e. The van der Waals surface area contributed by atoms with Crippen LogP contribution in [0.2, 0.25) is 5.02 Å². The normalized spacial score (nSPS) is 11.9. The number of carbonyl (C=O) groups is 2. The smallest absolute Gasteiger partial charge is 0.416 e. The summed E-state index contributed by atoms with van der Waals surface area (Å²) in [5.74, 6) is -0.990. The summed E-state index contributed by atoms with van der Waals surface area (Å²) in [6, 6.07) is 25.9. The van der Waals surface area contributed by atoms with E-state index in [1.165, 1.54) is 12.3 Å². The standard InChI is InChI=1S/C34H24ClF3N2O5/c35-26-14-6-21(7-15-26)18-30(33(43)44)40-20-24(22-10-16-28(17-11-22)45-27-4-2-1-3-5-27)19-29(32(40)42)39-31(41)23-8-12-25(13-9-23)34(36,37)38/h1-17,19-20,30H,18H2,(H,39,41)(H,43,44). The number of nitrogens with zero attached hydrogens (tertiary/aromatic N) is 1. The molecule has 0 aliphatic carbocycles. The zero-order chi connectivity index (χ0) is 32.1. The quantitative estimate of drug-likeness (QED) is 0.171. The van der Waals surface area contributed by atoms with E-state index in [0.717, 1.165) is 28.8 Å². The average molecular weight is 633 g/mol. The van der Waals surface area contributed by atoms with Crippen LogP contribution in [0.5, 0.6) is 11.5 Å². The fourth-order valence-electron chi connectivity index (χ4n) is 4.57. The van der Waals surface area contributed by atoms with Crippen LogP contribution in [0.25, 0.3) is 11.1 Å². The van der Waals surface area contributed by atoms with E-state index in [1.54, 1.807) is 60.7 Å². The summed E-state index contributed by atoms with van der Waals surface area (Å²) in [7, 11) is 0. The second kappa shape index (κ2) is 13.1. The Bertz CT molecular complexity index is 1870. The summed E-state index contributed by atoms with van der Waals surface area (Å²) in [6.07, 6.45) is -3.28. The number of benzene rings is 4. The highest BCUT2D eigenvalue weighted by molar-refractivity contribution is 6.30. The molecule has 0 spiro atoms. The monoisotopic (exact) mass is 632 g/mol. The topological polar surface area (TPSA) is 97.6 Å². The van der Waals surface area contributed by atoms with Crippen molar-refractivity contribution in [1.29, 1.82) is 0 Å². The molecule has 2 N–H and O–H groups in total. The van der Waals surface area contributed by atoms with E-state index in [-0.39, 0.29) is 17.7 Å². The van der Waals surface area contributed by atoms with Crippen LogP contribution in [0.3, 0.4) is 0 Å². The SMILES string of the molecule is O=C(Nc1cc(-c2ccc(Oc3ccccc3)cc2)cn(C(Cc2ccc(Cl)cc2)C(=O)O)c1=O)c1ccc(C(F)(F)F)cc1. The van der Waals surface area contributed by atoms with Crippen LogP contribution in [-0.2, 0) is 17.4 Å². The van der Waals surface area contributed by atoms with Crippen molar-refractivity contribution in [2.24, 2.45) is 0 Å². The van der Waals surface area contributed by atoms with Crippen LogP contribution in [0, 0.1) is 0 Å². The van der Waals surface area contributed by atoms with Crippen LogP contribution >= 0.6 is 11.6 Å². The highest BCUT2D eigenvalue weighted by Gasteiger charge is 2.30. The number of carboxylic acid groups (broad SMARTS) is 1. The van der Waals surface area contributed by atoms with Crippen LogP contribution in [-0.4, -0.2) is 21.6 Å². The molecule has 7 nitrogen and oxygen atoms in total. The summed E-state index contributed by atoms with van der Waals surface area (Å²) in [5.41, 5.74) is -0.571. The third kappa shape index (κ3) is 7.60. The van der Waals surface area contributed by atoms with Gasteiger partial charge in [0.1, 0.15) is 23.2 Å². The minimum absolute atomic E-state index is 0.0774. The Kier molecular flexibility index (Phi) is 9.06. The number of pyridine rings is 1. The Balaban J connectivity index is 1.53. The predicted molar refractivity (Wildman–Crippen MR) is 164 cm³/mol. The fraction of sp³-hybridized carbons (Fsp3) is 0.0882. The van der Waals surface area contributed by atoms with Crippen molar-refractivity contribution in [3.05, 3.63) is 147 Å². The molecule has 1 atom stereocenters. The van der Waals surface area contributed by atoms with Crippen LogP contribution < -0.4 is 15.6 Å². The van der Waals surface area contributed by atoms with Crippen molar-refractivity contribution < 1.29 is 32.6 Å². The average Bonchev–Trinajstić information content (AvgIpc) is 3.02. The molecule has 0 saturated heterocycles. The first-order valence-electron chi connectivity index (χ1n) is 13.5. The molecule has 0 aliphatic heterocycles. The van der Waals surface area contributed by atoms with Crippen molar-refractivity contribution in [2.45, 2.75) is 18.6 Å². The minimum Gasteiger partial charge on any atom is -0.480 e. The van der Waals surface area contributed by atoms with Crippen LogP contribution in [0.15, 0.2) is 120 Å². The van der Waals surface area contributed by atoms with Gasteiger partial charge in [0.2, 0.25) is 0 Å². The number of carboxylic acids is 1. The molecule has 1 aromatic heterocycles. The van der Waals surface area contributed by atoms with E-state index in [4.69, 9.17) is 16.3 Å². The summed E-state index contributed by atoms with van der Waals surface area (Å²) in [4.78, 5) is 39.2. The number of aliphatic carboxylic acids is 1. The van der Waals surface area contributed by atoms with Gasteiger partial charge in [-0.3, -0.25) is 14.2 Å². The molecule has 45 heavy (non-hydrogen) atoms. The van der Waals surface area contributed by atoms with E-state index >= 15 is 0 Å². The van der Waals surface area contributed by atoms with Crippen molar-refractivity contribution in [2.75, 3.05) is 5.32 Å². The molecule has 1 unspecified atom stereocenters. The first kappa shape index (κ1) is 31.1. The van der Waals surface area contributed by atoms with E-state index in [1.807, 2.05) is 18.2 Å². The van der Waals surface area contributed by atoms with E-state index < -0.39 is 35.2 Å². The lowest BCUT2D eigenvalue weighted by Crippen LogP contribution is -2.33. The molecular weight excluding hydrogens is 609 g/mol. The van der Waals surface area contributed by atoms with Gasteiger partial charge in [-0.2, -0.15) is 13.2 Å². The molecular formula is C34H24ClF3N2O5. The number of rotatable bonds is 9. The zero-order valence-electron chi connectivity index (χ0n) is 23.3. The molecule has 0 radical (unpaired) electrons.